The summed E-state index contributed by atoms with van der Waals surface area (Å²) >= 11 is 1.80. The van der Waals surface area contributed by atoms with Crippen LogP contribution in [0, 0.1) is 0 Å². The SMILES string of the molecule is NCc1ccc2c(c1)Nc1ccccc1S2. The summed E-state index contributed by atoms with van der Waals surface area (Å²) in [5, 5.41) is 3.44. The van der Waals surface area contributed by atoms with E-state index in [1.54, 1.807) is 11.8 Å². The molecule has 0 atom stereocenters. The number of rotatable bonds is 1. The van der Waals surface area contributed by atoms with E-state index in [0.717, 1.165) is 11.3 Å². The van der Waals surface area contributed by atoms with Crippen molar-refractivity contribution in [2.75, 3.05) is 5.32 Å². The summed E-state index contributed by atoms with van der Waals surface area (Å²) in [6.45, 7) is 0.585. The summed E-state index contributed by atoms with van der Waals surface area (Å²) in [4.78, 5) is 2.53. The van der Waals surface area contributed by atoms with E-state index in [-0.39, 0.29) is 0 Å². The van der Waals surface area contributed by atoms with Crippen molar-refractivity contribution < 1.29 is 0 Å². The normalized spacial score (nSPS) is 12.6. The van der Waals surface area contributed by atoms with Crippen LogP contribution in [-0.4, -0.2) is 0 Å². The van der Waals surface area contributed by atoms with Gasteiger partial charge in [0.05, 0.1) is 11.4 Å². The number of anilines is 2. The molecule has 0 unspecified atom stereocenters. The lowest BCUT2D eigenvalue weighted by Crippen LogP contribution is -2.02. The smallest absolute Gasteiger partial charge is 0.0529 e. The number of hydrogen-bond donors (Lipinski definition) is 2. The Labute approximate surface area is 98.9 Å². The van der Waals surface area contributed by atoms with E-state index in [9.17, 15) is 0 Å². The van der Waals surface area contributed by atoms with E-state index < -0.39 is 0 Å². The number of para-hydroxylation sites is 1. The summed E-state index contributed by atoms with van der Waals surface area (Å²) in [6.07, 6.45) is 0. The molecule has 2 aromatic rings. The molecule has 0 fully saturated rings. The lowest BCUT2D eigenvalue weighted by atomic mass is 10.2. The van der Waals surface area contributed by atoms with Crippen molar-refractivity contribution in [3.05, 3.63) is 48.0 Å². The quantitative estimate of drug-likeness (QED) is 0.670. The van der Waals surface area contributed by atoms with Gasteiger partial charge in [-0.05, 0) is 29.8 Å². The van der Waals surface area contributed by atoms with Gasteiger partial charge in [0, 0.05) is 16.3 Å². The molecule has 0 amide bonds. The van der Waals surface area contributed by atoms with Gasteiger partial charge >= 0.3 is 0 Å². The first-order valence-electron chi connectivity index (χ1n) is 5.24. The zero-order valence-electron chi connectivity index (χ0n) is 8.73. The Balaban J connectivity index is 2.05. The monoisotopic (exact) mass is 228 g/mol. The van der Waals surface area contributed by atoms with Crippen LogP contribution in [0.2, 0.25) is 0 Å². The van der Waals surface area contributed by atoms with Gasteiger partial charge in [-0.3, -0.25) is 0 Å². The fraction of sp³-hybridized carbons (Fsp3) is 0.0769. The van der Waals surface area contributed by atoms with Crippen LogP contribution >= 0.6 is 11.8 Å². The second-order valence-electron chi connectivity index (χ2n) is 3.76. The highest BCUT2D eigenvalue weighted by Gasteiger charge is 2.14. The van der Waals surface area contributed by atoms with Crippen LogP contribution in [0.5, 0.6) is 0 Å². The van der Waals surface area contributed by atoms with E-state index in [1.165, 1.54) is 15.5 Å². The Morgan fingerprint density at radius 3 is 2.69 bits per heavy atom. The van der Waals surface area contributed by atoms with Crippen molar-refractivity contribution in [3.63, 3.8) is 0 Å². The van der Waals surface area contributed by atoms with Crippen LogP contribution < -0.4 is 11.1 Å². The Bertz CT molecular complexity index is 537. The first-order valence-corrected chi connectivity index (χ1v) is 6.05. The largest absolute Gasteiger partial charge is 0.354 e. The van der Waals surface area contributed by atoms with Gasteiger partial charge in [0.1, 0.15) is 0 Å². The summed E-state index contributed by atoms with van der Waals surface area (Å²) in [7, 11) is 0. The molecule has 1 aliphatic rings. The van der Waals surface area contributed by atoms with Crippen LogP contribution in [0.25, 0.3) is 0 Å². The zero-order chi connectivity index (χ0) is 11.0. The molecule has 0 spiro atoms. The van der Waals surface area contributed by atoms with E-state index in [4.69, 9.17) is 5.73 Å². The lowest BCUT2D eigenvalue weighted by Gasteiger charge is -2.21. The van der Waals surface area contributed by atoms with Gasteiger partial charge < -0.3 is 11.1 Å². The van der Waals surface area contributed by atoms with Gasteiger partial charge in [0.15, 0.2) is 0 Å². The maximum atomic E-state index is 5.64. The van der Waals surface area contributed by atoms with Gasteiger partial charge in [0.2, 0.25) is 0 Å². The summed E-state index contributed by atoms with van der Waals surface area (Å²) in [5.41, 5.74) is 9.14. The number of nitrogens with one attached hydrogen (secondary N) is 1. The maximum Gasteiger partial charge on any atom is 0.0529 e. The van der Waals surface area contributed by atoms with Gasteiger partial charge in [0.25, 0.3) is 0 Å². The van der Waals surface area contributed by atoms with Crippen molar-refractivity contribution >= 4 is 23.1 Å². The fourth-order valence-corrected chi connectivity index (χ4v) is 2.78. The molecule has 2 aromatic carbocycles. The van der Waals surface area contributed by atoms with Crippen molar-refractivity contribution in [2.24, 2.45) is 5.73 Å². The first-order chi connectivity index (χ1) is 7.86. The topological polar surface area (TPSA) is 38.0 Å². The van der Waals surface area contributed by atoms with E-state index >= 15 is 0 Å². The van der Waals surface area contributed by atoms with Crippen molar-refractivity contribution in [1.82, 2.24) is 0 Å². The second kappa shape index (κ2) is 3.85. The van der Waals surface area contributed by atoms with Crippen LogP contribution in [0.15, 0.2) is 52.3 Å². The fourth-order valence-electron chi connectivity index (χ4n) is 1.81. The van der Waals surface area contributed by atoms with Crippen LogP contribution in [0.4, 0.5) is 11.4 Å². The molecular formula is C13H12N2S. The molecule has 3 rings (SSSR count). The molecule has 1 heterocycles. The Hall–Kier alpha value is -1.45. The third kappa shape index (κ3) is 1.58. The predicted octanol–water partition coefficient (Wildman–Crippen LogP) is 3.35. The van der Waals surface area contributed by atoms with E-state index in [2.05, 4.69) is 41.7 Å². The molecule has 0 saturated heterocycles. The lowest BCUT2D eigenvalue weighted by molar-refractivity contribution is 1.06. The maximum absolute atomic E-state index is 5.64. The third-order valence-corrected chi connectivity index (χ3v) is 3.81. The Morgan fingerprint density at radius 1 is 1.00 bits per heavy atom. The van der Waals surface area contributed by atoms with Gasteiger partial charge in [-0.2, -0.15) is 0 Å². The summed E-state index contributed by atoms with van der Waals surface area (Å²) < 4.78 is 0. The highest BCUT2D eigenvalue weighted by Crippen LogP contribution is 2.43. The molecule has 0 bridgehead atoms. The minimum absolute atomic E-state index is 0.585. The highest BCUT2D eigenvalue weighted by molar-refractivity contribution is 7.99. The number of hydrogen-bond acceptors (Lipinski definition) is 3. The molecule has 0 aromatic heterocycles. The van der Waals surface area contributed by atoms with E-state index in [1.807, 2.05) is 6.07 Å². The zero-order valence-corrected chi connectivity index (χ0v) is 9.55. The molecule has 3 N–H and O–H groups in total. The molecule has 1 aliphatic heterocycles. The Kier molecular flexibility index (Phi) is 2.35. The van der Waals surface area contributed by atoms with Gasteiger partial charge in [-0.25, -0.2) is 0 Å². The third-order valence-electron chi connectivity index (χ3n) is 2.66. The molecular weight excluding hydrogens is 216 g/mol. The minimum Gasteiger partial charge on any atom is -0.354 e. The van der Waals surface area contributed by atoms with E-state index in [0.29, 0.717) is 6.54 Å². The second-order valence-corrected chi connectivity index (χ2v) is 4.84. The first kappa shape index (κ1) is 9.75. The van der Waals surface area contributed by atoms with Gasteiger partial charge in [-0.1, -0.05) is 30.0 Å². The molecule has 3 heteroatoms. The van der Waals surface area contributed by atoms with Crippen molar-refractivity contribution in [2.45, 2.75) is 16.3 Å². The number of benzene rings is 2. The van der Waals surface area contributed by atoms with Crippen molar-refractivity contribution in [1.29, 1.82) is 0 Å². The summed E-state index contributed by atoms with van der Waals surface area (Å²) in [5.74, 6) is 0. The average molecular weight is 228 g/mol. The number of nitrogens with two attached hydrogens (primary N) is 1. The standard InChI is InChI=1S/C13H12N2S/c14-8-9-5-6-13-11(7-9)15-10-3-1-2-4-12(10)16-13/h1-7,15H,8,14H2. The molecule has 0 aliphatic carbocycles. The van der Waals surface area contributed by atoms with Gasteiger partial charge in [-0.15, -0.1) is 0 Å². The van der Waals surface area contributed by atoms with Crippen LogP contribution in [0.1, 0.15) is 5.56 Å². The molecule has 0 radical (unpaired) electrons. The highest BCUT2D eigenvalue weighted by atomic mass is 32.2. The minimum atomic E-state index is 0.585. The Morgan fingerprint density at radius 2 is 1.81 bits per heavy atom. The molecule has 2 nitrogen and oxygen atoms in total. The average Bonchev–Trinajstić information content (AvgIpc) is 2.35. The number of fused-ring (bicyclic) bond motifs is 2. The predicted molar refractivity (Wildman–Crippen MR) is 68.2 cm³/mol. The molecule has 80 valence electrons. The molecule has 16 heavy (non-hydrogen) atoms. The van der Waals surface area contributed by atoms with Crippen LogP contribution in [0.3, 0.4) is 0 Å². The molecule has 0 saturated carbocycles. The van der Waals surface area contributed by atoms with Crippen molar-refractivity contribution in [3.8, 4) is 0 Å². The summed E-state index contributed by atoms with van der Waals surface area (Å²) in [6, 6.07) is 14.7. The van der Waals surface area contributed by atoms with Crippen LogP contribution in [-0.2, 0) is 6.54 Å².